The van der Waals surface area contributed by atoms with Crippen LogP contribution < -0.4 is 0 Å². The van der Waals surface area contributed by atoms with Gasteiger partial charge in [-0.25, -0.2) is 4.79 Å². The molecule has 36 heavy (non-hydrogen) atoms. The van der Waals surface area contributed by atoms with Crippen LogP contribution in [0.5, 0.6) is 0 Å². The molecule has 0 radical (unpaired) electrons. The number of carboxylic acid groups (broad SMARTS) is 2. The van der Waals surface area contributed by atoms with Crippen molar-refractivity contribution in [1.82, 2.24) is 0 Å². The molecule has 0 aromatic heterocycles. The minimum absolute atomic E-state index is 0.112. The maximum atomic E-state index is 11.0. The number of unbranched alkanes of at least 4 members (excludes halogenated alkanes) is 22. The van der Waals surface area contributed by atoms with Crippen molar-refractivity contribution in [1.29, 1.82) is 0 Å². The second-order valence-electron chi connectivity index (χ2n) is 10.9. The van der Waals surface area contributed by atoms with Gasteiger partial charge in [0.25, 0.3) is 0 Å². The quantitative estimate of drug-likeness (QED) is 0.0769. The highest BCUT2D eigenvalue weighted by Crippen LogP contribution is 2.18. The molecule has 0 heterocycles. The Hall–Kier alpha value is -1.26. The van der Waals surface area contributed by atoms with Gasteiger partial charge in [-0.2, -0.15) is 0 Å². The number of carbonyl (C=O) groups is 2. The third-order valence-electron chi connectivity index (χ3n) is 7.31. The van der Waals surface area contributed by atoms with Gasteiger partial charge < -0.3 is 14.9 Å². The van der Waals surface area contributed by atoms with E-state index in [9.17, 15) is 9.59 Å². The molecule has 0 rings (SSSR count). The highest BCUT2D eigenvalue weighted by molar-refractivity contribution is 5.66. The maximum absolute atomic E-state index is 11.0. The molecule has 1 unspecified atom stereocenters. The maximum Gasteiger partial charge on any atom is 0.506 e. The fourth-order valence-electron chi connectivity index (χ4n) is 5.03. The average molecular weight is 513 g/mol. The average Bonchev–Trinajstić information content (AvgIpc) is 2.84. The van der Waals surface area contributed by atoms with Crippen molar-refractivity contribution in [2.75, 3.05) is 0 Å². The largest absolute Gasteiger partial charge is 0.506 e. The topological polar surface area (TPSA) is 83.8 Å². The summed E-state index contributed by atoms with van der Waals surface area (Å²) >= 11 is 0. The van der Waals surface area contributed by atoms with E-state index >= 15 is 0 Å². The molecule has 0 bridgehead atoms. The number of hydrogen-bond acceptors (Lipinski definition) is 3. The van der Waals surface area contributed by atoms with E-state index in [-0.39, 0.29) is 6.10 Å². The zero-order valence-electron chi connectivity index (χ0n) is 23.8. The first kappa shape index (κ1) is 34.7. The number of aliphatic carboxylic acids is 1. The van der Waals surface area contributed by atoms with Gasteiger partial charge in [0.15, 0.2) is 0 Å². The van der Waals surface area contributed by atoms with E-state index in [4.69, 9.17) is 14.9 Å². The van der Waals surface area contributed by atoms with E-state index in [0.717, 1.165) is 38.5 Å². The van der Waals surface area contributed by atoms with Crippen LogP contribution in [0.15, 0.2) is 0 Å². The summed E-state index contributed by atoms with van der Waals surface area (Å²) in [7, 11) is 0. The molecule has 0 saturated heterocycles. The molecular formula is C31H60O5. The van der Waals surface area contributed by atoms with Crippen LogP contribution >= 0.6 is 0 Å². The zero-order chi connectivity index (χ0) is 26.5. The van der Waals surface area contributed by atoms with Crippen LogP contribution in [-0.2, 0) is 9.53 Å². The Morgan fingerprint density at radius 3 is 1.11 bits per heavy atom. The van der Waals surface area contributed by atoms with Gasteiger partial charge in [-0.15, -0.1) is 0 Å². The monoisotopic (exact) mass is 512 g/mol. The van der Waals surface area contributed by atoms with Gasteiger partial charge in [-0.05, 0) is 32.1 Å². The van der Waals surface area contributed by atoms with Crippen molar-refractivity contribution in [2.24, 2.45) is 0 Å². The van der Waals surface area contributed by atoms with Crippen molar-refractivity contribution in [3.63, 3.8) is 0 Å². The van der Waals surface area contributed by atoms with E-state index in [1.54, 1.807) is 0 Å². The van der Waals surface area contributed by atoms with Crippen LogP contribution in [0.2, 0.25) is 0 Å². The summed E-state index contributed by atoms with van der Waals surface area (Å²) in [5.74, 6) is -0.671. The normalized spacial score (nSPS) is 12.0. The Balaban J connectivity index is 3.43. The van der Waals surface area contributed by atoms with Crippen LogP contribution in [0.4, 0.5) is 4.79 Å². The van der Waals surface area contributed by atoms with Crippen LogP contribution in [0.25, 0.3) is 0 Å². The van der Waals surface area contributed by atoms with Crippen molar-refractivity contribution in [2.45, 2.75) is 186 Å². The minimum atomic E-state index is -1.12. The predicted octanol–water partition coefficient (Wildman–Crippen LogP) is 10.7. The molecule has 0 saturated carbocycles. The van der Waals surface area contributed by atoms with Crippen LogP contribution in [0.3, 0.4) is 0 Å². The second kappa shape index (κ2) is 28.3. The third kappa shape index (κ3) is 29.0. The fourth-order valence-corrected chi connectivity index (χ4v) is 5.03. The molecule has 0 aromatic carbocycles. The minimum Gasteiger partial charge on any atom is -0.481 e. The van der Waals surface area contributed by atoms with Crippen molar-refractivity contribution >= 4 is 12.1 Å². The molecule has 0 spiro atoms. The standard InChI is InChI=1S/C31H60O5/c1-2-3-4-5-6-17-20-23-26-29(36-31(34)35)27-24-21-18-15-13-11-9-7-8-10-12-14-16-19-22-25-28-30(32)33/h29H,2-28H2,1H3,(H,32,33)(H,34,35). The van der Waals surface area contributed by atoms with Gasteiger partial charge in [-0.3, -0.25) is 4.79 Å². The molecule has 0 aliphatic carbocycles. The highest BCUT2D eigenvalue weighted by atomic mass is 16.7. The van der Waals surface area contributed by atoms with Gasteiger partial charge in [-0.1, -0.05) is 142 Å². The summed E-state index contributed by atoms with van der Waals surface area (Å²) in [5, 5.41) is 17.6. The lowest BCUT2D eigenvalue weighted by Crippen LogP contribution is -2.16. The molecule has 0 aromatic rings. The van der Waals surface area contributed by atoms with Gasteiger partial charge in [0.2, 0.25) is 0 Å². The molecule has 5 nitrogen and oxygen atoms in total. The van der Waals surface area contributed by atoms with Crippen molar-refractivity contribution in [3.8, 4) is 0 Å². The van der Waals surface area contributed by atoms with Crippen LogP contribution in [0, 0.1) is 0 Å². The van der Waals surface area contributed by atoms with Gasteiger partial charge in [0, 0.05) is 6.42 Å². The van der Waals surface area contributed by atoms with Gasteiger partial charge >= 0.3 is 12.1 Å². The third-order valence-corrected chi connectivity index (χ3v) is 7.31. The van der Waals surface area contributed by atoms with E-state index in [2.05, 4.69) is 6.92 Å². The first-order chi connectivity index (χ1) is 17.6. The van der Waals surface area contributed by atoms with Gasteiger partial charge in [0.1, 0.15) is 6.10 Å². The molecule has 1 atom stereocenters. The molecule has 0 aliphatic heterocycles. The lowest BCUT2D eigenvalue weighted by Gasteiger charge is -2.16. The summed E-state index contributed by atoms with van der Waals surface area (Å²) in [6, 6.07) is 0. The number of ether oxygens (including phenoxy) is 1. The van der Waals surface area contributed by atoms with E-state index in [1.807, 2.05) is 0 Å². The Bertz CT molecular complexity index is 480. The molecule has 5 heteroatoms. The highest BCUT2D eigenvalue weighted by Gasteiger charge is 2.13. The summed E-state index contributed by atoms with van der Waals surface area (Å²) < 4.78 is 5.14. The lowest BCUT2D eigenvalue weighted by atomic mass is 10.0. The fraction of sp³-hybridized carbons (Fsp3) is 0.935. The zero-order valence-corrected chi connectivity index (χ0v) is 23.8. The van der Waals surface area contributed by atoms with E-state index in [1.165, 1.54) is 128 Å². The molecule has 2 N–H and O–H groups in total. The predicted molar refractivity (Wildman–Crippen MR) is 151 cm³/mol. The smallest absolute Gasteiger partial charge is 0.481 e. The van der Waals surface area contributed by atoms with Crippen LogP contribution in [-0.4, -0.2) is 28.4 Å². The molecule has 0 aliphatic rings. The number of hydrogen-bond donors (Lipinski definition) is 2. The lowest BCUT2D eigenvalue weighted by molar-refractivity contribution is -0.137. The molecule has 0 fully saturated rings. The summed E-state index contributed by atoms with van der Waals surface area (Å²) in [4.78, 5) is 21.5. The summed E-state index contributed by atoms with van der Waals surface area (Å²) in [6.45, 7) is 2.24. The molecular weight excluding hydrogens is 452 g/mol. The Morgan fingerprint density at radius 1 is 0.500 bits per heavy atom. The molecule has 214 valence electrons. The Morgan fingerprint density at radius 2 is 0.806 bits per heavy atom. The number of carboxylic acids is 1. The van der Waals surface area contributed by atoms with E-state index in [0.29, 0.717) is 6.42 Å². The second-order valence-corrected chi connectivity index (χ2v) is 10.9. The van der Waals surface area contributed by atoms with Crippen molar-refractivity contribution in [3.05, 3.63) is 0 Å². The van der Waals surface area contributed by atoms with Gasteiger partial charge in [0.05, 0.1) is 0 Å². The SMILES string of the molecule is CCCCCCCCCCC(CCCCCCCCCCCCCCCCCCC(=O)O)OC(=O)O. The number of rotatable bonds is 29. The van der Waals surface area contributed by atoms with Crippen LogP contribution in [0.1, 0.15) is 180 Å². The first-order valence-corrected chi connectivity index (χ1v) is 15.7. The molecule has 0 amide bonds. The van der Waals surface area contributed by atoms with Crippen molar-refractivity contribution < 1.29 is 24.5 Å². The van der Waals surface area contributed by atoms with E-state index < -0.39 is 12.1 Å². The first-order valence-electron chi connectivity index (χ1n) is 15.7. The summed E-state index contributed by atoms with van der Waals surface area (Å²) in [6.07, 6.45) is 30.8. The summed E-state index contributed by atoms with van der Waals surface area (Å²) in [5.41, 5.74) is 0. The Kier molecular flexibility index (Phi) is 27.3. The Labute approximate surface area is 223 Å².